The van der Waals surface area contributed by atoms with Gasteiger partial charge < -0.3 is 20.2 Å². The quantitative estimate of drug-likeness (QED) is 0.605. The monoisotopic (exact) mass is 396 g/mol. The van der Waals surface area contributed by atoms with Gasteiger partial charge in [0, 0.05) is 23.0 Å². The summed E-state index contributed by atoms with van der Waals surface area (Å²) in [7, 11) is 0. The Kier molecular flexibility index (Phi) is 4.62. The number of nitrogens with two attached hydrogens (primary N) is 1. The van der Waals surface area contributed by atoms with E-state index in [-0.39, 0.29) is 6.10 Å². The van der Waals surface area contributed by atoms with Crippen LogP contribution < -0.4 is 5.73 Å². The number of fused-ring (bicyclic) bond motifs is 1. The topological polar surface area (TPSA) is 94.4 Å². The minimum atomic E-state index is -0.918. The second kappa shape index (κ2) is 7.17. The number of benzene rings is 1. The lowest BCUT2D eigenvalue weighted by Gasteiger charge is -2.53. The number of ether oxygens (including phenoxy) is 2. The van der Waals surface area contributed by atoms with Gasteiger partial charge >= 0.3 is 12.1 Å². The van der Waals surface area contributed by atoms with Gasteiger partial charge in [0.25, 0.3) is 0 Å². The van der Waals surface area contributed by atoms with Crippen LogP contribution in [-0.4, -0.2) is 29.3 Å². The Labute approximate surface area is 170 Å². The Balaban J connectivity index is 1.20. The summed E-state index contributed by atoms with van der Waals surface area (Å²) in [6, 6.07) is 6.96. The summed E-state index contributed by atoms with van der Waals surface area (Å²) in [5, 5.41) is 1.03. The number of hydrogen-bond acceptors (Lipinski definition) is 5. The van der Waals surface area contributed by atoms with Gasteiger partial charge in [0.1, 0.15) is 12.1 Å². The summed E-state index contributed by atoms with van der Waals surface area (Å²) >= 11 is 0. The number of rotatable bonds is 4. The van der Waals surface area contributed by atoms with Crippen LogP contribution in [0.15, 0.2) is 24.3 Å². The maximum atomic E-state index is 12.4. The second-order valence-corrected chi connectivity index (χ2v) is 9.27. The first-order valence-corrected chi connectivity index (χ1v) is 10.7. The fraction of sp³-hybridized carbons (Fsp3) is 0.565. The number of aromatic nitrogens is 1. The normalized spacial score (nSPS) is 31.0. The number of aryl methyl sites for hydroxylation is 1. The highest BCUT2D eigenvalue weighted by atomic mass is 16.7. The SMILES string of the molecule is Cc1[nH]c2ccccc2c1C[C@H](N)C(=O)OC(=O)OC1C2CC3CC(C2)CC1C3. The average Bonchev–Trinajstić information content (AvgIpc) is 2.99. The standard InChI is InChI=1S/C23H28N2O4/c1-12-18(17-4-2-3-5-20(17)25-12)11-19(24)22(26)29-23(27)28-21-15-7-13-6-14(9-15)10-16(21)8-13/h2-5,13-16,19,21,25H,6-11,24H2,1H3/t13?,14?,15?,16?,19-,21?/m0/s1. The molecule has 3 N–H and O–H groups in total. The number of H-pyrrole nitrogens is 1. The van der Waals surface area contributed by atoms with Crippen molar-refractivity contribution in [2.75, 3.05) is 0 Å². The van der Waals surface area contributed by atoms with Crippen molar-refractivity contribution in [2.24, 2.45) is 29.4 Å². The third kappa shape index (κ3) is 3.44. The molecule has 4 aliphatic carbocycles. The van der Waals surface area contributed by atoms with E-state index in [4.69, 9.17) is 15.2 Å². The molecule has 4 aliphatic rings. The molecule has 1 aromatic carbocycles. The van der Waals surface area contributed by atoms with E-state index in [1.807, 2.05) is 31.2 Å². The van der Waals surface area contributed by atoms with Crippen LogP contribution in [0.4, 0.5) is 4.79 Å². The van der Waals surface area contributed by atoms with Gasteiger partial charge in [0.2, 0.25) is 0 Å². The number of carbonyl (C=O) groups excluding carboxylic acids is 2. The average molecular weight is 396 g/mol. The van der Waals surface area contributed by atoms with Gasteiger partial charge in [-0.15, -0.1) is 0 Å². The van der Waals surface area contributed by atoms with Crippen LogP contribution in [0.25, 0.3) is 10.9 Å². The maximum absolute atomic E-state index is 12.4. The molecule has 0 radical (unpaired) electrons. The zero-order valence-electron chi connectivity index (χ0n) is 16.7. The van der Waals surface area contributed by atoms with Crippen LogP contribution in [-0.2, 0) is 20.7 Å². The zero-order chi connectivity index (χ0) is 20.1. The summed E-state index contributed by atoms with van der Waals surface area (Å²) in [6.45, 7) is 1.95. The lowest BCUT2D eigenvalue weighted by Crippen LogP contribution is -2.50. The lowest BCUT2D eigenvalue weighted by atomic mass is 9.55. The summed E-state index contributed by atoms with van der Waals surface area (Å²) in [5.74, 6) is 1.71. The van der Waals surface area contributed by atoms with E-state index in [1.54, 1.807) is 0 Å². The smallest absolute Gasteiger partial charge is 0.430 e. The van der Waals surface area contributed by atoms with Crippen molar-refractivity contribution in [1.82, 2.24) is 4.98 Å². The molecule has 6 nitrogen and oxygen atoms in total. The molecule has 1 heterocycles. The predicted molar refractivity (Wildman–Crippen MR) is 108 cm³/mol. The number of carbonyl (C=O) groups is 2. The molecular weight excluding hydrogens is 368 g/mol. The van der Waals surface area contributed by atoms with E-state index in [1.165, 1.54) is 6.42 Å². The van der Waals surface area contributed by atoms with E-state index in [0.717, 1.165) is 59.7 Å². The third-order valence-corrected chi connectivity index (χ3v) is 7.31. The van der Waals surface area contributed by atoms with Crippen molar-refractivity contribution < 1.29 is 19.1 Å². The van der Waals surface area contributed by atoms with Crippen molar-refractivity contribution in [3.63, 3.8) is 0 Å². The lowest BCUT2D eigenvalue weighted by molar-refractivity contribution is -0.147. The predicted octanol–water partition coefficient (Wildman–Crippen LogP) is 3.85. The molecule has 0 unspecified atom stereocenters. The molecule has 0 saturated heterocycles. The summed E-state index contributed by atoms with van der Waals surface area (Å²) in [4.78, 5) is 28.0. The van der Waals surface area contributed by atoms with Gasteiger partial charge in [-0.05, 0) is 74.3 Å². The fourth-order valence-electron chi connectivity index (χ4n) is 6.26. The number of para-hydroxylation sites is 1. The Bertz CT molecular complexity index is 922. The van der Waals surface area contributed by atoms with Crippen LogP contribution in [0.2, 0.25) is 0 Å². The van der Waals surface area contributed by atoms with Gasteiger partial charge in [-0.1, -0.05) is 18.2 Å². The molecule has 2 aromatic rings. The van der Waals surface area contributed by atoms with Gasteiger partial charge in [-0.3, -0.25) is 0 Å². The Morgan fingerprint density at radius 1 is 1.10 bits per heavy atom. The molecule has 6 heteroatoms. The van der Waals surface area contributed by atoms with Gasteiger partial charge in [-0.25, -0.2) is 9.59 Å². The highest BCUT2D eigenvalue weighted by molar-refractivity contribution is 5.88. The first kappa shape index (κ1) is 18.7. The van der Waals surface area contributed by atoms with Crippen molar-refractivity contribution in [3.8, 4) is 0 Å². The molecule has 29 heavy (non-hydrogen) atoms. The van der Waals surface area contributed by atoms with E-state index in [9.17, 15) is 9.59 Å². The molecule has 0 aliphatic heterocycles. The fourth-order valence-corrected chi connectivity index (χ4v) is 6.26. The van der Waals surface area contributed by atoms with Crippen molar-refractivity contribution >= 4 is 23.0 Å². The number of hydrogen-bond donors (Lipinski definition) is 2. The van der Waals surface area contributed by atoms with E-state index < -0.39 is 18.2 Å². The molecule has 154 valence electrons. The first-order chi connectivity index (χ1) is 14.0. The molecule has 0 spiro atoms. The number of nitrogens with one attached hydrogen (secondary N) is 1. The van der Waals surface area contributed by atoms with Gasteiger partial charge in [0.05, 0.1) is 0 Å². The molecule has 1 atom stereocenters. The van der Waals surface area contributed by atoms with Crippen molar-refractivity contribution in [3.05, 3.63) is 35.5 Å². The van der Waals surface area contributed by atoms with E-state index in [2.05, 4.69) is 4.98 Å². The van der Waals surface area contributed by atoms with Crippen LogP contribution in [0.1, 0.15) is 43.4 Å². The van der Waals surface area contributed by atoms with Crippen LogP contribution in [0.5, 0.6) is 0 Å². The molecule has 4 fully saturated rings. The summed E-state index contributed by atoms with van der Waals surface area (Å²) in [6.07, 6.45) is 5.20. The summed E-state index contributed by atoms with van der Waals surface area (Å²) < 4.78 is 10.6. The van der Waals surface area contributed by atoms with Gasteiger partial charge in [-0.2, -0.15) is 0 Å². The first-order valence-electron chi connectivity index (χ1n) is 10.7. The van der Waals surface area contributed by atoms with E-state index in [0.29, 0.717) is 18.3 Å². The largest absolute Gasteiger partial charge is 0.516 e. The van der Waals surface area contributed by atoms with E-state index >= 15 is 0 Å². The van der Waals surface area contributed by atoms with Crippen LogP contribution in [0, 0.1) is 30.6 Å². The molecule has 4 bridgehead atoms. The minimum absolute atomic E-state index is 0.102. The number of aromatic amines is 1. The highest BCUT2D eigenvalue weighted by Gasteiger charge is 2.50. The highest BCUT2D eigenvalue weighted by Crippen LogP contribution is 2.54. The number of esters is 1. The van der Waals surface area contributed by atoms with Crippen molar-refractivity contribution in [1.29, 1.82) is 0 Å². The van der Waals surface area contributed by atoms with Crippen LogP contribution >= 0.6 is 0 Å². The molecule has 4 saturated carbocycles. The summed E-state index contributed by atoms with van der Waals surface area (Å²) in [5.41, 5.74) is 9.01. The third-order valence-electron chi connectivity index (χ3n) is 7.31. The van der Waals surface area contributed by atoms with Crippen molar-refractivity contribution in [2.45, 2.75) is 57.6 Å². The van der Waals surface area contributed by atoms with Crippen LogP contribution in [0.3, 0.4) is 0 Å². The minimum Gasteiger partial charge on any atom is -0.430 e. The molecule has 6 rings (SSSR count). The van der Waals surface area contributed by atoms with Gasteiger partial charge in [0.15, 0.2) is 0 Å². The second-order valence-electron chi connectivity index (χ2n) is 9.27. The molecule has 1 aromatic heterocycles. The molecule has 0 amide bonds. The Morgan fingerprint density at radius 2 is 1.76 bits per heavy atom. The molecular formula is C23H28N2O4. The Morgan fingerprint density at radius 3 is 2.45 bits per heavy atom. The Hall–Kier alpha value is -2.34. The zero-order valence-corrected chi connectivity index (χ0v) is 16.7. The maximum Gasteiger partial charge on any atom is 0.516 e.